The first kappa shape index (κ1) is 12.7. The van der Waals surface area contributed by atoms with E-state index in [-0.39, 0.29) is 0 Å². The van der Waals surface area contributed by atoms with Crippen LogP contribution in [0.5, 0.6) is 0 Å². The molecule has 0 aliphatic carbocycles. The van der Waals surface area contributed by atoms with Gasteiger partial charge in [0.1, 0.15) is 0 Å². The predicted molar refractivity (Wildman–Crippen MR) is 72.7 cm³/mol. The third kappa shape index (κ3) is 3.11. The van der Waals surface area contributed by atoms with E-state index in [1.54, 1.807) is 0 Å². The summed E-state index contributed by atoms with van der Waals surface area (Å²) < 4.78 is 0. The van der Waals surface area contributed by atoms with E-state index in [1.807, 2.05) is 6.20 Å². The minimum Gasteiger partial charge on any atom is -0.367 e. The molecular weight excluding hydrogens is 234 g/mol. The van der Waals surface area contributed by atoms with Crippen molar-refractivity contribution in [3.8, 4) is 0 Å². The number of anilines is 1. The van der Waals surface area contributed by atoms with E-state index in [9.17, 15) is 0 Å². The second kappa shape index (κ2) is 5.69. The van der Waals surface area contributed by atoms with Crippen molar-refractivity contribution in [2.75, 3.05) is 32.1 Å². The molecule has 0 spiro atoms. The second-order valence-electron chi connectivity index (χ2n) is 4.89. The van der Waals surface area contributed by atoms with Gasteiger partial charge in [0.15, 0.2) is 0 Å². The largest absolute Gasteiger partial charge is 0.367 e. The Hall–Kier alpha value is -0.800. The molecule has 2 rings (SSSR count). The number of hydrogen-bond acceptors (Lipinski definition) is 3. The molecule has 0 saturated carbocycles. The molecule has 0 N–H and O–H groups in total. The summed E-state index contributed by atoms with van der Waals surface area (Å²) in [5, 5.41) is 0. The van der Waals surface area contributed by atoms with Gasteiger partial charge in [0.25, 0.3) is 0 Å². The van der Waals surface area contributed by atoms with E-state index in [0.29, 0.717) is 11.9 Å². The molecule has 1 aromatic rings. The summed E-state index contributed by atoms with van der Waals surface area (Å²) in [6.45, 7) is 2.25. The molecule has 4 heteroatoms. The first-order valence-corrected chi connectivity index (χ1v) is 6.66. The van der Waals surface area contributed by atoms with Crippen molar-refractivity contribution in [1.82, 2.24) is 9.88 Å². The maximum absolute atomic E-state index is 5.84. The summed E-state index contributed by atoms with van der Waals surface area (Å²) in [5.74, 6) is 0.486. The number of nitrogens with zero attached hydrogens (tertiary/aromatic N) is 3. The molecular formula is C13H20ClN3. The summed E-state index contributed by atoms with van der Waals surface area (Å²) >= 11 is 5.84. The molecule has 1 fully saturated rings. The maximum Gasteiger partial charge on any atom is 0.0648 e. The molecule has 1 unspecified atom stereocenters. The molecule has 1 atom stereocenters. The van der Waals surface area contributed by atoms with Crippen molar-refractivity contribution < 1.29 is 0 Å². The highest BCUT2D eigenvalue weighted by Gasteiger charge is 2.25. The van der Waals surface area contributed by atoms with Gasteiger partial charge in [0.2, 0.25) is 0 Å². The monoisotopic (exact) mass is 253 g/mol. The van der Waals surface area contributed by atoms with Crippen LogP contribution < -0.4 is 4.90 Å². The Labute approximate surface area is 108 Å². The Bertz CT molecular complexity index is 367. The van der Waals surface area contributed by atoms with Crippen LogP contribution in [-0.4, -0.2) is 43.1 Å². The van der Waals surface area contributed by atoms with Crippen LogP contribution in [0.4, 0.5) is 5.69 Å². The fourth-order valence-electron chi connectivity index (χ4n) is 2.50. The van der Waals surface area contributed by atoms with Gasteiger partial charge in [-0.15, -0.1) is 11.6 Å². The minimum absolute atomic E-state index is 0.486. The molecule has 0 bridgehead atoms. The zero-order chi connectivity index (χ0) is 12.3. The van der Waals surface area contributed by atoms with Crippen LogP contribution in [-0.2, 0) is 5.88 Å². The Morgan fingerprint density at radius 3 is 3.06 bits per heavy atom. The van der Waals surface area contributed by atoms with Crippen LogP contribution in [0.25, 0.3) is 0 Å². The number of rotatable bonds is 4. The van der Waals surface area contributed by atoms with Gasteiger partial charge in [-0.05, 0) is 39.1 Å². The summed E-state index contributed by atoms with van der Waals surface area (Å²) in [7, 11) is 4.26. The molecule has 1 saturated heterocycles. The topological polar surface area (TPSA) is 19.4 Å². The zero-order valence-corrected chi connectivity index (χ0v) is 11.3. The van der Waals surface area contributed by atoms with Gasteiger partial charge in [0.05, 0.1) is 11.6 Å². The normalized spacial score (nSPS) is 20.2. The average Bonchev–Trinajstić information content (AvgIpc) is 2.76. The van der Waals surface area contributed by atoms with Crippen LogP contribution >= 0.6 is 11.6 Å². The van der Waals surface area contributed by atoms with Gasteiger partial charge in [-0.2, -0.15) is 0 Å². The lowest BCUT2D eigenvalue weighted by Crippen LogP contribution is -2.37. The smallest absolute Gasteiger partial charge is 0.0648 e. The van der Waals surface area contributed by atoms with Crippen LogP contribution in [0.3, 0.4) is 0 Å². The molecule has 2 heterocycles. The Morgan fingerprint density at radius 2 is 2.35 bits per heavy atom. The second-order valence-corrected chi connectivity index (χ2v) is 5.16. The van der Waals surface area contributed by atoms with Crippen molar-refractivity contribution >= 4 is 17.3 Å². The van der Waals surface area contributed by atoms with Crippen LogP contribution in [0.1, 0.15) is 18.5 Å². The fourth-order valence-corrected chi connectivity index (χ4v) is 2.65. The first-order chi connectivity index (χ1) is 8.20. The Balaban J connectivity index is 2.14. The molecule has 94 valence electrons. The van der Waals surface area contributed by atoms with Gasteiger partial charge >= 0.3 is 0 Å². The third-order valence-electron chi connectivity index (χ3n) is 3.22. The van der Waals surface area contributed by atoms with Crippen LogP contribution in [0.2, 0.25) is 0 Å². The minimum atomic E-state index is 0.486. The lowest BCUT2D eigenvalue weighted by atomic mass is 10.2. The molecule has 17 heavy (non-hydrogen) atoms. The Morgan fingerprint density at radius 1 is 1.53 bits per heavy atom. The van der Waals surface area contributed by atoms with Gasteiger partial charge in [-0.1, -0.05) is 0 Å². The van der Waals surface area contributed by atoms with Gasteiger partial charge in [-0.3, -0.25) is 4.98 Å². The van der Waals surface area contributed by atoms with Crippen molar-refractivity contribution in [1.29, 1.82) is 0 Å². The SMILES string of the molecule is CN(C)CC1CCCN1c1ccnc(CCl)c1. The van der Waals surface area contributed by atoms with Crippen LogP contribution in [0, 0.1) is 0 Å². The third-order valence-corrected chi connectivity index (χ3v) is 3.50. The van der Waals surface area contributed by atoms with Crippen molar-refractivity contribution in [3.05, 3.63) is 24.0 Å². The summed E-state index contributed by atoms with van der Waals surface area (Å²) in [5.41, 5.74) is 2.22. The summed E-state index contributed by atoms with van der Waals surface area (Å²) in [4.78, 5) is 8.99. The average molecular weight is 254 g/mol. The molecule has 0 aromatic carbocycles. The summed E-state index contributed by atoms with van der Waals surface area (Å²) in [6.07, 6.45) is 4.41. The quantitative estimate of drug-likeness (QED) is 0.768. The van der Waals surface area contributed by atoms with Gasteiger partial charge in [0, 0.05) is 31.0 Å². The molecule has 0 amide bonds. The van der Waals surface area contributed by atoms with Gasteiger partial charge in [-0.25, -0.2) is 0 Å². The number of likely N-dealkylation sites (N-methyl/N-ethyl adjacent to an activating group) is 1. The Kier molecular flexibility index (Phi) is 4.24. The molecule has 1 aromatic heterocycles. The van der Waals surface area contributed by atoms with E-state index >= 15 is 0 Å². The lowest BCUT2D eigenvalue weighted by molar-refractivity contribution is 0.372. The van der Waals surface area contributed by atoms with Crippen molar-refractivity contribution in [2.45, 2.75) is 24.8 Å². The lowest BCUT2D eigenvalue weighted by Gasteiger charge is -2.29. The maximum atomic E-state index is 5.84. The van der Waals surface area contributed by atoms with Gasteiger partial charge < -0.3 is 9.80 Å². The molecule has 0 radical (unpaired) electrons. The summed E-state index contributed by atoms with van der Waals surface area (Å²) in [6, 6.07) is 4.82. The number of alkyl halides is 1. The van der Waals surface area contributed by atoms with E-state index in [4.69, 9.17) is 11.6 Å². The highest BCUT2D eigenvalue weighted by Crippen LogP contribution is 2.26. The molecule has 1 aliphatic rings. The highest BCUT2D eigenvalue weighted by atomic mass is 35.5. The van der Waals surface area contributed by atoms with E-state index in [1.165, 1.54) is 18.5 Å². The van der Waals surface area contributed by atoms with Crippen molar-refractivity contribution in [3.63, 3.8) is 0 Å². The van der Waals surface area contributed by atoms with Crippen LogP contribution in [0.15, 0.2) is 18.3 Å². The van der Waals surface area contributed by atoms with E-state index in [0.717, 1.165) is 18.8 Å². The predicted octanol–water partition coefficient (Wildman–Crippen LogP) is 2.35. The standard InChI is InChI=1S/C13H20ClN3/c1-16(2)10-13-4-3-7-17(13)12-5-6-15-11(8-12)9-14/h5-6,8,13H,3-4,7,9-10H2,1-2H3. The van der Waals surface area contributed by atoms with E-state index < -0.39 is 0 Å². The number of hydrogen-bond donors (Lipinski definition) is 0. The molecule has 1 aliphatic heterocycles. The number of aromatic nitrogens is 1. The zero-order valence-electron chi connectivity index (χ0n) is 10.6. The number of halogens is 1. The fraction of sp³-hybridized carbons (Fsp3) is 0.615. The highest BCUT2D eigenvalue weighted by molar-refractivity contribution is 6.16. The first-order valence-electron chi connectivity index (χ1n) is 6.13. The molecule has 3 nitrogen and oxygen atoms in total. The van der Waals surface area contributed by atoms with Crippen molar-refractivity contribution in [2.24, 2.45) is 0 Å². The number of pyridine rings is 1. The van der Waals surface area contributed by atoms with E-state index in [2.05, 4.69) is 41.0 Å².